The van der Waals surface area contributed by atoms with Crippen LogP contribution >= 0.6 is 12.5 Å². The van der Waals surface area contributed by atoms with Gasteiger partial charge in [0.25, 0.3) is 0 Å². The number of hydrogen-bond donors (Lipinski definition) is 1. The largest absolute Gasteiger partial charge is 0.444 e. The summed E-state index contributed by atoms with van der Waals surface area (Å²) in [5.74, 6) is 2.48. The predicted molar refractivity (Wildman–Crippen MR) is 26.0 cm³/mol. The molecule has 4 heteroatoms. The fourth-order valence-electron chi connectivity index (χ4n) is 0.0289. The molecule has 0 N–H and O–H groups in total. The summed E-state index contributed by atoms with van der Waals surface area (Å²) in [6.45, 7) is 0. The van der Waals surface area contributed by atoms with Gasteiger partial charge in [-0.05, 0) is 0 Å². The van der Waals surface area contributed by atoms with E-state index in [1.165, 1.54) is 0 Å². The first-order chi connectivity index (χ1) is 2.81. The summed E-state index contributed by atoms with van der Waals surface area (Å²) >= 11 is 3.51. The Labute approximate surface area is 41.8 Å². The van der Waals surface area contributed by atoms with E-state index in [0.717, 1.165) is 0 Å². The molecule has 0 aromatic carbocycles. The number of rotatable bonds is 0. The van der Waals surface area contributed by atoms with Crippen LogP contribution in [0.25, 0.3) is 0 Å². The Kier molecular flexibility index (Phi) is 2.36. The smallest absolute Gasteiger partial charge is 0.210 e. The maximum Gasteiger partial charge on any atom is 0.444 e. The average molecular weight is 95.9 g/mol. The molecule has 6 heavy (non-hydrogen) atoms. The van der Waals surface area contributed by atoms with Crippen LogP contribution in [0, 0.1) is 22.5 Å². The molecule has 0 amide bonds. The van der Waals surface area contributed by atoms with Crippen molar-refractivity contribution in [2.75, 3.05) is 0 Å². The second kappa shape index (κ2) is 2.62. The van der Waals surface area contributed by atoms with Crippen molar-refractivity contribution in [2.24, 2.45) is 0 Å². The Morgan fingerprint density at radius 2 is 1.67 bits per heavy atom. The Morgan fingerprint density at radius 1 is 1.33 bits per heavy atom. The lowest BCUT2D eigenvalue weighted by molar-refractivity contribution is 1.55. The van der Waals surface area contributed by atoms with Crippen LogP contribution in [0.5, 0.6) is 0 Å². The van der Waals surface area contributed by atoms with Crippen LogP contribution in [0.4, 0.5) is 0 Å². The maximum atomic E-state index is 7.79. The first kappa shape index (κ1) is 5.39. The molecule has 0 aliphatic heterocycles. The number of thiol groups is 1. The van der Waals surface area contributed by atoms with Crippen molar-refractivity contribution in [3.63, 3.8) is 0 Å². The molecule has 0 atom stereocenters. The molecule has 0 radical (unpaired) electrons. The van der Waals surface area contributed by atoms with Gasteiger partial charge in [0.1, 0.15) is 0 Å². The zero-order chi connectivity index (χ0) is 4.99. The van der Waals surface area contributed by atoms with Gasteiger partial charge in [-0.15, -0.1) is 0 Å². The van der Waals surface area contributed by atoms with E-state index in [1.807, 2.05) is 0 Å². The van der Waals surface area contributed by atoms with Crippen LogP contribution < -0.4 is 0 Å². The van der Waals surface area contributed by atoms with Gasteiger partial charge in [-0.3, -0.25) is 0 Å². The van der Waals surface area contributed by atoms with Gasteiger partial charge in [0.05, 0.1) is 0 Å². The van der Waals surface area contributed by atoms with Crippen LogP contribution in [0.1, 0.15) is 0 Å². The summed E-state index contributed by atoms with van der Waals surface area (Å²) in [5.41, 5.74) is 0. The van der Waals surface area contributed by atoms with E-state index in [0.29, 0.717) is 0 Å². The van der Waals surface area contributed by atoms with Crippen molar-refractivity contribution >= 4 is 18.5 Å². The maximum absolute atomic E-state index is 7.79. The molecule has 0 heterocycles. The quantitative estimate of drug-likeness (QED) is 0.341. The van der Waals surface area contributed by atoms with Crippen LogP contribution in [-0.4, -0.2) is 5.99 Å². The third-order valence-corrected chi connectivity index (χ3v) is 0.476. The molecule has 0 spiro atoms. The normalized spacial score (nSPS) is 5.17. The Hall–Kier alpha value is -0.605. The molecule has 0 aromatic rings. The number of nitrogens with zero attached hydrogens (tertiary/aromatic N) is 2. The highest BCUT2D eigenvalue weighted by Gasteiger charge is 2.00. The zero-order valence-corrected chi connectivity index (χ0v) is 3.81. The van der Waals surface area contributed by atoms with Crippen molar-refractivity contribution < 1.29 is 0 Å². The number of hydrogen-bond acceptors (Lipinski definition) is 3. The Balaban J connectivity index is 3.40. The van der Waals surface area contributed by atoms with Crippen molar-refractivity contribution in [1.82, 2.24) is 0 Å². The third-order valence-electron chi connectivity index (χ3n) is 0.245. The summed E-state index contributed by atoms with van der Waals surface area (Å²) in [4.78, 5) is 0. The third kappa shape index (κ3) is 1.69. The van der Waals surface area contributed by atoms with Crippen molar-refractivity contribution in [2.45, 2.75) is 0 Å². The fourth-order valence-corrected chi connectivity index (χ4v) is 0.0289. The van der Waals surface area contributed by atoms with Gasteiger partial charge < -0.3 is 0 Å². The fraction of sp³-hybridized carbons (Fsp3) is 0. The molecule has 28 valence electrons. The molecular formula is C2HBN2S. The van der Waals surface area contributed by atoms with Crippen LogP contribution in [0.2, 0.25) is 0 Å². The molecular weight excluding hydrogens is 94.9 g/mol. The monoisotopic (exact) mass is 96.0 g/mol. The summed E-state index contributed by atoms with van der Waals surface area (Å²) < 4.78 is 0. The highest BCUT2D eigenvalue weighted by molar-refractivity contribution is 8.12. The van der Waals surface area contributed by atoms with Gasteiger partial charge in [-0.1, -0.05) is 0 Å². The van der Waals surface area contributed by atoms with Gasteiger partial charge in [-0.2, -0.15) is 12.5 Å². The lowest BCUT2D eigenvalue weighted by Gasteiger charge is -1.64. The molecule has 0 rings (SSSR count). The zero-order valence-electron chi connectivity index (χ0n) is 2.92. The lowest BCUT2D eigenvalue weighted by atomic mass is 9.82. The van der Waals surface area contributed by atoms with Gasteiger partial charge in [0.15, 0.2) is 0 Å². The summed E-state index contributed by atoms with van der Waals surface area (Å²) in [6, 6.07) is 0. The summed E-state index contributed by atoms with van der Waals surface area (Å²) in [6.07, 6.45) is 0. The number of nitriles is 2. The molecule has 0 aliphatic carbocycles. The molecule has 0 bridgehead atoms. The minimum atomic E-state index is -0.759. The first-order valence-corrected chi connectivity index (χ1v) is 1.80. The lowest BCUT2D eigenvalue weighted by Crippen LogP contribution is -1.92. The van der Waals surface area contributed by atoms with Gasteiger partial charge in [0, 0.05) is 11.9 Å². The predicted octanol–water partition coefficient (Wildman–Crippen LogP) is 0.0333. The molecule has 2 nitrogen and oxygen atoms in total. The highest BCUT2D eigenvalue weighted by atomic mass is 32.1. The van der Waals surface area contributed by atoms with Crippen LogP contribution in [0.15, 0.2) is 0 Å². The first-order valence-electron chi connectivity index (χ1n) is 1.28. The molecule has 0 fully saturated rings. The molecule has 0 saturated carbocycles. The Bertz CT molecular complexity index is 95.7. The Morgan fingerprint density at radius 3 is 1.67 bits per heavy atom. The van der Waals surface area contributed by atoms with E-state index < -0.39 is 5.99 Å². The van der Waals surface area contributed by atoms with Gasteiger partial charge in [0.2, 0.25) is 0 Å². The van der Waals surface area contributed by atoms with Crippen molar-refractivity contribution in [3.05, 3.63) is 0 Å². The molecule has 0 aliphatic rings. The highest BCUT2D eigenvalue weighted by Crippen LogP contribution is 1.77. The second-order valence-electron chi connectivity index (χ2n) is 0.661. The second-order valence-corrected chi connectivity index (χ2v) is 1.18. The molecule has 0 unspecified atom stereocenters. The van der Waals surface area contributed by atoms with Crippen molar-refractivity contribution in [1.29, 1.82) is 10.5 Å². The van der Waals surface area contributed by atoms with E-state index in [2.05, 4.69) is 12.5 Å². The summed E-state index contributed by atoms with van der Waals surface area (Å²) in [7, 11) is 0. The van der Waals surface area contributed by atoms with E-state index >= 15 is 0 Å². The van der Waals surface area contributed by atoms with Crippen molar-refractivity contribution in [3.8, 4) is 11.9 Å². The van der Waals surface area contributed by atoms with Crippen LogP contribution in [-0.2, 0) is 0 Å². The minimum absolute atomic E-state index is 0.759. The van der Waals surface area contributed by atoms with E-state index in [4.69, 9.17) is 10.5 Å². The standard InChI is InChI=1S/C2HBN2S/c4-1-3(6)2-5/h6H. The van der Waals surface area contributed by atoms with E-state index in [-0.39, 0.29) is 0 Å². The SMILES string of the molecule is N#CB(S)C#N. The topological polar surface area (TPSA) is 47.6 Å². The van der Waals surface area contributed by atoms with E-state index in [1.54, 1.807) is 11.9 Å². The average Bonchev–Trinajstić information content (AvgIpc) is 1.65. The minimum Gasteiger partial charge on any atom is -0.210 e. The van der Waals surface area contributed by atoms with Crippen LogP contribution in [0.3, 0.4) is 0 Å². The van der Waals surface area contributed by atoms with E-state index in [9.17, 15) is 0 Å². The summed E-state index contributed by atoms with van der Waals surface area (Å²) in [5, 5.41) is 15.6. The van der Waals surface area contributed by atoms with Gasteiger partial charge >= 0.3 is 5.99 Å². The molecule has 0 aromatic heterocycles. The molecule has 0 saturated heterocycles. The van der Waals surface area contributed by atoms with Gasteiger partial charge in [-0.25, -0.2) is 10.5 Å².